The van der Waals surface area contributed by atoms with E-state index in [9.17, 15) is 4.79 Å². The minimum Gasteiger partial charge on any atom is -0.467 e. The Bertz CT molecular complexity index is 791. The van der Waals surface area contributed by atoms with Crippen LogP contribution in [0, 0.1) is 5.92 Å². The summed E-state index contributed by atoms with van der Waals surface area (Å²) >= 11 is 0. The first-order valence-corrected chi connectivity index (χ1v) is 8.52. The van der Waals surface area contributed by atoms with Crippen molar-refractivity contribution in [3.05, 3.63) is 46.1 Å². The second-order valence-electron chi connectivity index (χ2n) is 7.58. The lowest BCUT2D eigenvalue weighted by molar-refractivity contribution is 0.0748. The van der Waals surface area contributed by atoms with Crippen LogP contribution < -0.4 is 10.3 Å². The van der Waals surface area contributed by atoms with E-state index in [2.05, 4.69) is 40.7 Å². The SMILES string of the molecule is COc1nccc(CN2CC(Cn3nc(C(C)(C)C)ccc3=O)C2)n1. The maximum absolute atomic E-state index is 12.1. The molecule has 2 aromatic heterocycles. The van der Waals surface area contributed by atoms with Crippen molar-refractivity contribution in [1.82, 2.24) is 24.6 Å². The van der Waals surface area contributed by atoms with Gasteiger partial charge in [-0.05, 0) is 12.1 Å². The molecule has 1 aliphatic rings. The number of rotatable bonds is 5. The molecule has 134 valence electrons. The molecule has 0 saturated carbocycles. The second kappa shape index (κ2) is 6.92. The third kappa shape index (κ3) is 4.22. The lowest BCUT2D eigenvalue weighted by atomic mass is 9.92. The standard InChI is InChI=1S/C18H25N5O2/c1-18(2,3)15-5-6-16(24)23(21-15)11-13-9-22(10-13)12-14-7-8-19-17(20-14)25-4/h5-8,13H,9-12H2,1-4H3. The molecule has 3 heterocycles. The quantitative estimate of drug-likeness (QED) is 0.819. The molecule has 0 spiro atoms. The Labute approximate surface area is 147 Å². The number of ether oxygens (including phenoxy) is 1. The number of likely N-dealkylation sites (tertiary alicyclic amines) is 1. The maximum Gasteiger partial charge on any atom is 0.316 e. The summed E-state index contributed by atoms with van der Waals surface area (Å²) in [5, 5.41) is 4.55. The van der Waals surface area contributed by atoms with Gasteiger partial charge in [-0.15, -0.1) is 0 Å². The molecule has 7 nitrogen and oxygen atoms in total. The number of nitrogens with zero attached hydrogens (tertiary/aromatic N) is 5. The van der Waals surface area contributed by atoms with E-state index in [0.717, 1.165) is 31.0 Å². The zero-order valence-electron chi connectivity index (χ0n) is 15.3. The predicted octanol–water partition coefficient (Wildman–Crippen LogP) is 1.47. The predicted molar refractivity (Wildman–Crippen MR) is 94.5 cm³/mol. The van der Waals surface area contributed by atoms with Crippen molar-refractivity contribution in [1.29, 1.82) is 0 Å². The van der Waals surface area contributed by atoms with Crippen molar-refractivity contribution in [3.63, 3.8) is 0 Å². The molecular weight excluding hydrogens is 318 g/mol. The van der Waals surface area contributed by atoms with Crippen molar-refractivity contribution < 1.29 is 4.74 Å². The molecule has 7 heteroatoms. The molecule has 25 heavy (non-hydrogen) atoms. The van der Waals surface area contributed by atoms with Gasteiger partial charge in [0.2, 0.25) is 0 Å². The van der Waals surface area contributed by atoms with Crippen molar-refractivity contribution in [3.8, 4) is 6.01 Å². The van der Waals surface area contributed by atoms with Gasteiger partial charge in [0.1, 0.15) is 0 Å². The Morgan fingerprint density at radius 3 is 2.68 bits per heavy atom. The van der Waals surface area contributed by atoms with Crippen molar-refractivity contribution in [2.24, 2.45) is 5.92 Å². The van der Waals surface area contributed by atoms with Crippen LogP contribution in [0.4, 0.5) is 0 Å². The largest absolute Gasteiger partial charge is 0.467 e. The number of hydrogen-bond donors (Lipinski definition) is 0. The lowest BCUT2D eigenvalue weighted by Crippen LogP contribution is -2.49. The highest BCUT2D eigenvalue weighted by atomic mass is 16.5. The summed E-state index contributed by atoms with van der Waals surface area (Å²) in [7, 11) is 1.56. The molecule has 2 aromatic rings. The summed E-state index contributed by atoms with van der Waals surface area (Å²) in [6.45, 7) is 9.59. The van der Waals surface area contributed by atoms with Gasteiger partial charge in [0.15, 0.2) is 0 Å². The molecule has 0 atom stereocenters. The van der Waals surface area contributed by atoms with Gasteiger partial charge >= 0.3 is 6.01 Å². The summed E-state index contributed by atoms with van der Waals surface area (Å²) < 4.78 is 6.66. The lowest BCUT2D eigenvalue weighted by Gasteiger charge is -2.39. The first-order valence-electron chi connectivity index (χ1n) is 8.52. The zero-order valence-corrected chi connectivity index (χ0v) is 15.3. The topological polar surface area (TPSA) is 73.1 Å². The Hall–Kier alpha value is -2.28. The van der Waals surface area contributed by atoms with Gasteiger partial charge in [0, 0.05) is 43.2 Å². The third-order valence-corrected chi connectivity index (χ3v) is 4.36. The summed E-state index contributed by atoms with van der Waals surface area (Å²) in [4.78, 5) is 22.7. The molecule has 0 bridgehead atoms. The Balaban J connectivity index is 1.58. The van der Waals surface area contributed by atoms with E-state index in [1.165, 1.54) is 0 Å². The summed E-state index contributed by atoms with van der Waals surface area (Å²) in [6.07, 6.45) is 1.71. The minimum absolute atomic E-state index is 0.0352. The summed E-state index contributed by atoms with van der Waals surface area (Å²) in [6, 6.07) is 5.74. The highest BCUT2D eigenvalue weighted by Crippen LogP contribution is 2.21. The second-order valence-corrected chi connectivity index (χ2v) is 7.58. The zero-order chi connectivity index (χ0) is 18.0. The Kier molecular flexibility index (Phi) is 4.85. The molecule has 0 aliphatic carbocycles. The first kappa shape index (κ1) is 17.5. The molecule has 3 rings (SSSR count). The van der Waals surface area contributed by atoms with Gasteiger partial charge in [-0.3, -0.25) is 9.69 Å². The van der Waals surface area contributed by atoms with Crippen molar-refractivity contribution in [2.75, 3.05) is 20.2 Å². The van der Waals surface area contributed by atoms with Gasteiger partial charge in [0.05, 0.1) is 25.0 Å². The van der Waals surface area contributed by atoms with Gasteiger partial charge in [0.25, 0.3) is 5.56 Å². The number of aromatic nitrogens is 4. The molecule has 1 aliphatic heterocycles. The van der Waals surface area contributed by atoms with E-state index in [0.29, 0.717) is 18.5 Å². The van der Waals surface area contributed by atoms with Crippen LogP contribution in [0.1, 0.15) is 32.2 Å². The number of hydrogen-bond acceptors (Lipinski definition) is 6. The molecule has 0 N–H and O–H groups in total. The van der Waals surface area contributed by atoms with Crippen molar-refractivity contribution >= 4 is 0 Å². The summed E-state index contributed by atoms with van der Waals surface area (Å²) in [5.74, 6) is 0.434. The smallest absolute Gasteiger partial charge is 0.316 e. The Morgan fingerprint density at radius 2 is 2.00 bits per heavy atom. The van der Waals surface area contributed by atoms with E-state index < -0.39 is 0 Å². The number of methoxy groups -OCH3 is 1. The van der Waals surface area contributed by atoms with Crippen LogP contribution in [0.3, 0.4) is 0 Å². The van der Waals surface area contributed by atoms with E-state index in [4.69, 9.17) is 4.74 Å². The summed E-state index contributed by atoms with van der Waals surface area (Å²) in [5.41, 5.74) is 1.78. The molecular formula is C18H25N5O2. The molecule has 0 aromatic carbocycles. The molecule has 1 fully saturated rings. The van der Waals surface area contributed by atoms with Crippen molar-refractivity contribution in [2.45, 2.75) is 39.3 Å². The van der Waals surface area contributed by atoms with Gasteiger partial charge in [-0.1, -0.05) is 20.8 Å². The van der Waals surface area contributed by atoms with E-state index in [-0.39, 0.29) is 11.0 Å². The maximum atomic E-state index is 12.1. The minimum atomic E-state index is -0.0623. The van der Waals surface area contributed by atoms with Crippen LogP contribution in [-0.2, 0) is 18.5 Å². The molecule has 0 unspecified atom stereocenters. The van der Waals surface area contributed by atoms with E-state index in [1.807, 2.05) is 12.1 Å². The van der Waals surface area contributed by atoms with Gasteiger partial charge in [-0.2, -0.15) is 10.1 Å². The molecule has 1 saturated heterocycles. The first-order chi connectivity index (χ1) is 11.8. The fraction of sp³-hybridized carbons (Fsp3) is 0.556. The van der Waals surface area contributed by atoms with E-state index >= 15 is 0 Å². The van der Waals surface area contributed by atoms with Gasteiger partial charge < -0.3 is 4.74 Å². The van der Waals surface area contributed by atoms with Crippen LogP contribution in [0.25, 0.3) is 0 Å². The molecule has 0 radical (unpaired) electrons. The normalized spacial score (nSPS) is 15.8. The average molecular weight is 343 g/mol. The third-order valence-electron chi connectivity index (χ3n) is 4.36. The van der Waals surface area contributed by atoms with Crippen LogP contribution in [-0.4, -0.2) is 44.8 Å². The van der Waals surface area contributed by atoms with Crippen LogP contribution in [0.15, 0.2) is 29.2 Å². The average Bonchev–Trinajstić information content (AvgIpc) is 2.53. The highest BCUT2D eigenvalue weighted by molar-refractivity contribution is 5.11. The fourth-order valence-corrected chi connectivity index (χ4v) is 2.94. The van der Waals surface area contributed by atoms with Crippen LogP contribution in [0.5, 0.6) is 6.01 Å². The highest BCUT2D eigenvalue weighted by Gasteiger charge is 2.28. The molecule has 0 amide bonds. The van der Waals surface area contributed by atoms with Crippen LogP contribution >= 0.6 is 0 Å². The van der Waals surface area contributed by atoms with Crippen LogP contribution in [0.2, 0.25) is 0 Å². The van der Waals surface area contributed by atoms with E-state index in [1.54, 1.807) is 24.1 Å². The Morgan fingerprint density at radius 1 is 1.24 bits per heavy atom. The van der Waals surface area contributed by atoms with Gasteiger partial charge in [-0.25, -0.2) is 9.67 Å². The fourth-order valence-electron chi connectivity index (χ4n) is 2.94. The monoisotopic (exact) mass is 343 g/mol.